The van der Waals surface area contributed by atoms with Crippen molar-refractivity contribution in [3.05, 3.63) is 29.6 Å². The van der Waals surface area contributed by atoms with E-state index < -0.39 is 11.7 Å². The molecule has 1 unspecified atom stereocenters. The summed E-state index contributed by atoms with van der Waals surface area (Å²) in [5.41, 5.74) is 5.35. The molecule has 0 aliphatic carbocycles. The molecular weight excluding hydrogens is 199 g/mol. The van der Waals surface area contributed by atoms with E-state index >= 15 is 0 Å². The third-order valence-electron chi connectivity index (χ3n) is 2.04. The minimum absolute atomic E-state index is 0.0131. The number of carbonyl (C=O) groups excluding carboxylic acids is 1. The lowest BCUT2D eigenvalue weighted by atomic mass is 10.1. The molecule has 4 nitrogen and oxygen atoms in total. The Bertz CT molecular complexity index is 368. The van der Waals surface area contributed by atoms with Crippen LogP contribution in [0.5, 0.6) is 5.75 Å². The number of rotatable bonds is 4. The van der Waals surface area contributed by atoms with Gasteiger partial charge in [0.2, 0.25) is 5.91 Å². The number of phenols is 1. The van der Waals surface area contributed by atoms with Crippen molar-refractivity contribution in [1.29, 1.82) is 0 Å². The fourth-order valence-corrected chi connectivity index (χ4v) is 1.24. The lowest BCUT2D eigenvalue weighted by Crippen LogP contribution is -2.30. The van der Waals surface area contributed by atoms with Crippen LogP contribution >= 0.6 is 0 Å². The molecule has 0 radical (unpaired) electrons. The number of hydrogen-bond donors (Lipinski definition) is 3. The number of benzene rings is 1. The summed E-state index contributed by atoms with van der Waals surface area (Å²) >= 11 is 0. The molecule has 1 rings (SSSR count). The van der Waals surface area contributed by atoms with Crippen LogP contribution in [0.3, 0.4) is 0 Å². The fourth-order valence-electron chi connectivity index (χ4n) is 1.24. The number of carbonyl (C=O) groups is 1. The van der Waals surface area contributed by atoms with Crippen molar-refractivity contribution in [1.82, 2.24) is 5.32 Å². The minimum Gasteiger partial charge on any atom is -0.508 e. The van der Waals surface area contributed by atoms with Crippen molar-refractivity contribution in [3.63, 3.8) is 0 Å². The van der Waals surface area contributed by atoms with Crippen LogP contribution in [0.4, 0.5) is 4.39 Å². The Hall–Kier alpha value is -1.62. The van der Waals surface area contributed by atoms with Gasteiger partial charge in [-0.15, -0.1) is 0 Å². The Kier molecular flexibility index (Phi) is 3.62. The Balaban J connectivity index is 2.76. The standard InChI is InChI=1S/C10H13FN2O2/c1-6(13-5-10(12)15)8-4-7(11)2-3-9(8)14/h2-4,6,13-14H,5H2,1H3,(H2,12,15). The topological polar surface area (TPSA) is 75.3 Å². The van der Waals surface area contributed by atoms with Crippen molar-refractivity contribution in [2.45, 2.75) is 13.0 Å². The maximum absolute atomic E-state index is 12.9. The summed E-state index contributed by atoms with van der Waals surface area (Å²) in [4.78, 5) is 10.5. The summed E-state index contributed by atoms with van der Waals surface area (Å²) in [6.07, 6.45) is 0. The van der Waals surface area contributed by atoms with Gasteiger partial charge in [0.1, 0.15) is 11.6 Å². The van der Waals surface area contributed by atoms with Crippen LogP contribution in [-0.4, -0.2) is 17.6 Å². The van der Waals surface area contributed by atoms with Crippen molar-refractivity contribution < 1.29 is 14.3 Å². The first-order valence-corrected chi connectivity index (χ1v) is 4.51. The van der Waals surface area contributed by atoms with Gasteiger partial charge in [0.25, 0.3) is 0 Å². The molecule has 0 bridgehead atoms. The second-order valence-corrected chi connectivity index (χ2v) is 3.27. The molecule has 0 saturated heterocycles. The summed E-state index contributed by atoms with van der Waals surface area (Å²) in [6.45, 7) is 1.69. The van der Waals surface area contributed by atoms with Crippen molar-refractivity contribution >= 4 is 5.91 Å². The highest BCUT2D eigenvalue weighted by Gasteiger charge is 2.11. The second kappa shape index (κ2) is 4.75. The van der Waals surface area contributed by atoms with Crippen LogP contribution in [-0.2, 0) is 4.79 Å². The number of phenolic OH excluding ortho intramolecular Hbond substituents is 1. The van der Waals surface area contributed by atoms with Gasteiger partial charge >= 0.3 is 0 Å². The first kappa shape index (κ1) is 11.5. The molecule has 82 valence electrons. The molecule has 0 aliphatic heterocycles. The third-order valence-corrected chi connectivity index (χ3v) is 2.04. The SMILES string of the molecule is CC(NCC(N)=O)c1cc(F)ccc1O. The maximum atomic E-state index is 12.9. The van der Waals surface area contributed by atoms with Gasteiger partial charge in [0.15, 0.2) is 0 Å². The zero-order chi connectivity index (χ0) is 11.4. The van der Waals surface area contributed by atoms with E-state index in [9.17, 15) is 14.3 Å². The van der Waals surface area contributed by atoms with Crippen LogP contribution in [0.2, 0.25) is 0 Å². The predicted molar refractivity (Wildman–Crippen MR) is 53.7 cm³/mol. The summed E-state index contributed by atoms with van der Waals surface area (Å²) in [7, 11) is 0. The first-order valence-electron chi connectivity index (χ1n) is 4.51. The zero-order valence-corrected chi connectivity index (χ0v) is 8.33. The van der Waals surface area contributed by atoms with Crippen molar-refractivity contribution in [2.24, 2.45) is 5.73 Å². The van der Waals surface area contributed by atoms with Crippen LogP contribution in [0.25, 0.3) is 0 Å². The van der Waals surface area contributed by atoms with E-state index in [4.69, 9.17) is 5.73 Å². The van der Waals surface area contributed by atoms with Gasteiger partial charge in [-0.2, -0.15) is 0 Å². The molecule has 15 heavy (non-hydrogen) atoms. The predicted octanol–water partition coefficient (Wildman–Crippen LogP) is 0.667. The quantitative estimate of drug-likeness (QED) is 0.686. The van der Waals surface area contributed by atoms with E-state index in [0.29, 0.717) is 5.56 Å². The molecule has 5 heteroatoms. The van der Waals surface area contributed by atoms with E-state index in [0.717, 1.165) is 0 Å². The molecule has 0 spiro atoms. The number of halogens is 1. The molecule has 1 atom stereocenters. The average molecular weight is 212 g/mol. The molecule has 4 N–H and O–H groups in total. The number of nitrogens with one attached hydrogen (secondary N) is 1. The van der Waals surface area contributed by atoms with Gasteiger partial charge in [-0.1, -0.05) is 0 Å². The highest BCUT2D eigenvalue weighted by molar-refractivity contribution is 5.75. The number of nitrogens with two attached hydrogens (primary N) is 1. The number of amides is 1. The summed E-state index contributed by atoms with van der Waals surface area (Å²) in [5.74, 6) is -0.950. The third kappa shape index (κ3) is 3.21. The van der Waals surface area contributed by atoms with Crippen LogP contribution < -0.4 is 11.1 Å². The summed E-state index contributed by atoms with van der Waals surface area (Å²) in [5, 5.41) is 12.2. The first-order chi connectivity index (χ1) is 7.00. The summed E-state index contributed by atoms with van der Waals surface area (Å²) in [6, 6.07) is 3.31. The Morgan fingerprint density at radius 2 is 2.33 bits per heavy atom. The second-order valence-electron chi connectivity index (χ2n) is 3.27. The molecule has 1 amide bonds. The van der Waals surface area contributed by atoms with Gasteiger partial charge in [0.05, 0.1) is 6.54 Å². The van der Waals surface area contributed by atoms with E-state index in [1.807, 2.05) is 0 Å². The molecule has 1 aromatic rings. The van der Waals surface area contributed by atoms with E-state index in [1.165, 1.54) is 18.2 Å². The van der Waals surface area contributed by atoms with Gasteiger partial charge in [0, 0.05) is 11.6 Å². The van der Waals surface area contributed by atoms with Crippen LogP contribution in [0, 0.1) is 5.82 Å². The van der Waals surface area contributed by atoms with Crippen LogP contribution in [0.15, 0.2) is 18.2 Å². The molecule has 0 heterocycles. The number of aromatic hydroxyl groups is 1. The number of hydrogen-bond acceptors (Lipinski definition) is 3. The van der Waals surface area contributed by atoms with Gasteiger partial charge in [-0.25, -0.2) is 4.39 Å². The van der Waals surface area contributed by atoms with Gasteiger partial charge < -0.3 is 16.2 Å². The Morgan fingerprint density at radius 3 is 2.93 bits per heavy atom. The monoisotopic (exact) mass is 212 g/mol. The minimum atomic E-state index is -0.502. The van der Waals surface area contributed by atoms with Gasteiger partial charge in [-0.05, 0) is 25.1 Å². The van der Waals surface area contributed by atoms with Crippen molar-refractivity contribution in [3.8, 4) is 5.75 Å². The smallest absolute Gasteiger partial charge is 0.231 e. The largest absolute Gasteiger partial charge is 0.508 e. The van der Waals surface area contributed by atoms with E-state index in [2.05, 4.69) is 5.32 Å². The van der Waals surface area contributed by atoms with Gasteiger partial charge in [-0.3, -0.25) is 4.79 Å². The molecule has 0 fully saturated rings. The normalized spacial score (nSPS) is 12.4. The Morgan fingerprint density at radius 1 is 1.67 bits per heavy atom. The maximum Gasteiger partial charge on any atom is 0.231 e. The van der Waals surface area contributed by atoms with E-state index in [1.54, 1.807) is 6.92 Å². The molecular formula is C10H13FN2O2. The molecule has 1 aromatic carbocycles. The highest BCUT2D eigenvalue weighted by atomic mass is 19.1. The lowest BCUT2D eigenvalue weighted by Gasteiger charge is -2.14. The van der Waals surface area contributed by atoms with Crippen LogP contribution in [0.1, 0.15) is 18.5 Å². The summed E-state index contributed by atoms with van der Waals surface area (Å²) < 4.78 is 12.9. The molecule has 0 aliphatic rings. The zero-order valence-electron chi connectivity index (χ0n) is 8.33. The van der Waals surface area contributed by atoms with Crippen molar-refractivity contribution in [2.75, 3.05) is 6.54 Å². The lowest BCUT2D eigenvalue weighted by molar-refractivity contribution is -0.117. The fraction of sp³-hybridized carbons (Fsp3) is 0.300. The number of primary amides is 1. The Labute approximate surface area is 86.9 Å². The van der Waals surface area contributed by atoms with E-state index in [-0.39, 0.29) is 18.3 Å². The molecule has 0 aromatic heterocycles. The molecule has 0 saturated carbocycles. The highest BCUT2D eigenvalue weighted by Crippen LogP contribution is 2.24. The average Bonchev–Trinajstić information content (AvgIpc) is 2.18.